The van der Waals surface area contributed by atoms with Gasteiger partial charge < -0.3 is 17.7 Å². The third-order valence-electron chi connectivity index (χ3n) is 2.34. The number of halogens is 3. The summed E-state index contributed by atoms with van der Waals surface area (Å²) >= 11 is 0. The zero-order valence-electron chi connectivity index (χ0n) is 9.87. The molecule has 2 nitrogen and oxygen atoms in total. The second kappa shape index (κ2) is 6.15. The Hall–Kier alpha value is -1.90. The molecule has 0 radical (unpaired) electrons. The van der Waals surface area contributed by atoms with Crippen molar-refractivity contribution in [2.45, 2.75) is 12.8 Å². The van der Waals surface area contributed by atoms with E-state index in [1.54, 1.807) is 18.2 Å². The maximum atomic E-state index is 12.8. The molecule has 0 spiro atoms. The summed E-state index contributed by atoms with van der Waals surface area (Å²) in [6.45, 7) is -5.10. The van der Waals surface area contributed by atoms with Crippen LogP contribution in [0.3, 0.4) is 0 Å². The Balaban J connectivity index is 2.97. The molecule has 96 valence electrons. The number of benzene rings is 1. The summed E-state index contributed by atoms with van der Waals surface area (Å²) in [5.74, 6) is -0.170. The molecule has 1 aromatic rings. The molecular formula is C12H12BF3NO-. The highest BCUT2D eigenvalue weighted by Crippen LogP contribution is 2.19. The van der Waals surface area contributed by atoms with Crippen molar-refractivity contribution in [2.24, 2.45) is 0 Å². The lowest BCUT2D eigenvalue weighted by atomic mass is 9.78. The van der Waals surface area contributed by atoms with E-state index < -0.39 is 12.4 Å². The monoisotopic (exact) mass is 254 g/mol. The molecule has 0 atom stereocenters. The number of unbranched alkanes of at least 4 members (excludes halogenated alkanes) is 1. The van der Waals surface area contributed by atoms with Crippen LogP contribution < -0.4 is 10.2 Å². The van der Waals surface area contributed by atoms with Gasteiger partial charge in [0.25, 0.3) is 0 Å². The van der Waals surface area contributed by atoms with Crippen LogP contribution in [0.2, 0.25) is 0 Å². The van der Waals surface area contributed by atoms with Gasteiger partial charge in [0.1, 0.15) is 0 Å². The third-order valence-corrected chi connectivity index (χ3v) is 2.34. The highest BCUT2D eigenvalue weighted by Gasteiger charge is 2.29. The summed E-state index contributed by atoms with van der Waals surface area (Å²) in [6.07, 6.45) is 4.12. The number of nitrogens with zero attached hydrogens (tertiary/aromatic N) is 1. The van der Waals surface area contributed by atoms with Gasteiger partial charge in [-0.15, -0.1) is 0 Å². The molecule has 0 aliphatic carbocycles. The summed E-state index contributed by atoms with van der Waals surface area (Å²) in [5.41, 5.74) is -0.289. The van der Waals surface area contributed by atoms with Crippen molar-refractivity contribution in [1.29, 1.82) is 5.26 Å². The van der Waals surface area contributed by atoms with E-state index in [0.717, 1.165) is 6.07 Å². The Kier molecular flexibility index (Phi) is 4.84. The van der Waals surface area contributed by atoms with Crippen LogP contribution >= 0.6 is 0 Å². The molecule has 0 aliphatic heterocycles. The van der Waals surface area contributed by atoms with E-state index in [1.807, 2.05) is 6.07 Å². The highest BCUT2D eigenvalue weighted by molar-refractivity contribution is 6.74. The largest absolute Gasteiger partial charge is 0.513 e. The van der Waals surface area contributed by atoms with Gasteiger partial charge in [-0.05, 0) is 18.1 Å². The Morgan fingerprint density at radius 1 is 1.39 bits per heavy atom. The van der Waals surface area contributed by atoms with Crippen molar-refractivity contribution < 1.29 is 17.7 Å². The number of allylic oxidation sites excluding steroid dienone is 1. The van der Waals surface area contributed by atoms with Gasteiger partial charge in [0.15, 0.2) is 0 Å². The molecule has 0 fully saturated rings. The van der Waals surface area contributed by atoms with Gasteiger partial charge in [-0.25, -0.2) is 0 Å². The van der Waals surface area contributed by atoms with Crippen LogP contribution in [-0.4, -0.2) is 14.1 Å². The van der Waals surface area contributed by atoms with Gasteiger partial charge in [-0.1, -0.05) is 29.7 Å². The van der Waals surface area contributed by atoms with Gasteiger partial charge in [0, 0.05) is 6.42 Å². The SMILES string of the molecule is COc1ccc(/C=C\CCC#N)cc1[B-](F)(F)F. The fourth-order valence-electron chi connectivity index (χ4n) is 1.48. The Morgan fingerprint density at radius 2 is 2.11 bits per heavy atom. The molecule has 0 bridgehead atoms. The van der Waals surface area contributed by atoms with E-state index in [1.165, 1.54) is 13.2 Å². The molecule has 0 saturated carbocycles. The van der Waals surface area contributed by atoms with Gasteiger partial charge in [0.2, 0.25) is 0 Å². The third kappa shape index (κ3) is 3.84. The van der Waals surface area contributed by atoms with Crippen molar-refractivity contribution >= 4 is 18.5 Å². The summed E-state index contributed by atoms with van der Waals surface area (Å²) in [5, 5.41) is 8.34. The van der Waals surface area contributed by atoms with Gasteiger partial charge >= 0.3 is 6.98 Å². The van der Waals surface area contributed by atoms with Crippen LogP contribution in [0.25, 0.3) is 6.08 Å². The van der Waals surface area contributed by atoms with E-state index in [9.17, 15) is 12.9 Å². The molecule has 18 heavy (non-hydrogen) atoms. The highest BCUT2D eigenvalue weighted by atomic mass is 19.4. The van der Waals surface area contributed by atoms with Crippen LogP contribution in [0.5, 0.6) is 5.75 Å². The fraction of sp³-hybridized carbons (Fsp3) is 0.250. The number of rotatable bonds is 5. The minimum absolute atomic E-state index is 0.170. The Bertz CT molecular complexity index is 477. The van der Waals surface area contributed by atoms with E-state index >= 15 is 0 Å². The molecule has 1 rings (SSSR count). The second-order valence-electron chi connectivity index (χ2n) is 3.68. The number of nitriles is 1. The quantitative estimate of drug-likeness (QED) is 0.597. The van der Waals surface area contributed by atoms with Crippen LogP contribution in [0.4, 0.5) is 12.9 Å². The average molecular weight is 254 g/mol. The lowest BCUT2D eigenvalue weighted by Crippen LogP contribution is -2.35. The lowest BCUT2D eigenvalue weighted by molar-refractivity contribution is 0.412. The maximum absolute atomic E-state index is 12.8. The standard InChI is InChI=1S/C12H12BF3NO/c1-18-12-7-6-10(5-3-2-4-8-17)9-11(12)13(14,15)16/h3,5-7,9H,2,4H2,1H3/q-1/b5-3-. The van der Waals surface area contributed by atoms with Crippen molar-refractivity contribution in [3.63, 3.8) is 0 Å². The molecule has 0 saturated heterocycles. The number of hydrogen-bond acceptors (Lipinski definition) is 2. The van der Waals surface area contributed by atoms with Gasteiger partial charge in [0.05, 0.1) is 18.9 Å². The fourth-order valence-corrected chi connectivity index (χ4v) is 1.48. The first-order valence-corrected chi connectivity index (χ1v) is 5.40. The van der Waals surface area contributed by atoms with E-state index in [4.69, 9.17) is 10.00 Å². The van der Waals surface area contributed by atoms with Gasteiger partial charge in [-0.3, -0.25) is 0 Å². The minimum Gasteiger partial charge on any atom is -0.500 e. The molecule has 6 heteroatoms. The summed E-state index contributed by atoms with van der Waals surface area (Å²) < 4.78 is 43.0. The molecule has 0 aromatic heterocycles. The number of ether oxygens (including phenoxy) is 1. The first-order valence-electron chi connectivity index (χ1n) is 5.40. The zero-order chi connectivity index (χ0) is 13.6. The van der Waals surface area contributed by atoms with Crippen molar-refractivity contribution in [1.82, 2.24) is 0 Å². The molecule has 0 aliphatic rings. The topological polar surface area (TPSA) is 33.0 Å². The average Bonchev–Trinajstić information content (AvgIpc) is 2.33. The van der Waals surface area contributed by atoms with Gasteiger partial charge in [-0.2, -0.15) is 5.26 Å². The molecular weight excluding hydrogens is 242 g/mol. The number of methoxy groups -OCH3 is 1. The lowest BCUT2D eigenvalue weighted by Gasteiger charge is -2.19. The van der Waals surface area contributed by atoms with E-state index in [2.05, 4.69) is 0 Å². The van der Waals surface area contributed by atoms with Crippen LogP contribution in [-0.2, 0) is 0 Å². The smallest absolute Gasteiger partial charge is 0.500 e. The van der Waals surface area contributed by atoms with Crippen molar-refractivity contribution in [3.8, 4) is 11.8 Å². The predicted octanol–water partition coefficient (Wildman–Crippen LogP) is 3.07. The zero-order valence-corrected chi connectivity index (χ0v) is 9.87. The van der Waals surface area contributed by atoms with E-state index in [0.29, 0.717) is 18.4 Å². The van der Waals surface area contributed by atoms with Crippen molar-refractivity contribution in [2.75, 3.05) is 7.11 Å². The molecule has 0 N–H and O–H groups in total. The molecule has 0 unspecified atom stereocenters. The van der Waals surface area contributed by atoms with Crippen LogP contribution in [0.15, 0.2) is 24.3 Å². The number of hydrogen-bond donors (Lipinski definition) is 0. The first kappa shape index (κ1) is 14.2. The molecule has 1 aromatic carbocycles. The summed E-state index contributed by atoms with van der Waals surface area (Å²) in [4.78, 5) is 0. The Labute approximate surface area is 104 Å². The Morgan fingerprint density at radius 3 is 2.67 bits per heavy atom. The van der Waals surface area contributed by atoms with E-state index in [-0.39, 0.29) is 5.75 Å². The molecule has 0 heterocycles. The van der Waals surface area contributed by atoms with Crippen molar-refractivity contribution in [3.05, 3.63) is 29.8 Å². The van der Waals surface area contributed by atoms with Crippen LogP contribution in [0.1, 0.15) is 18.4 Å². The first-order chi connectivity index (χ1) is 8.49. The van der Waals surface area contributed by atoms with Crippen LogP contribution in [0, 0.1) is 11.3 Å². The molecule has 0 amide bonds. The summed E-state index contributed by atoms with van der Waals surface area (Å²) in [6, 6.07) is 5.87. The normalized spacial score (nSPS) is 11.5. The second-order valence-corrected chi connectivity index (χ2v) is 3.68. The maximum Gasteiger partial charge on any atom is 0.513 e. The summed E-state index contributed by atoms with van der Waals surface area (Å²) in [7, 11) is 1.21. The minimum atomic E-state index is -5.10. The predicted molar refractivity (Wildman–Crippen MR) is 65.6 cm³/mol.